The summed E-state index contributed by atoms with van der Waals surface area (Å²) in [6, 6.07) is 0. The molecule has 0 aliphatic carbocycles. The fourth-order valence-corrected chi connectivity index (χ4v) is 2.18. The molecular weight excluding hydrogens is 263 g/mol. The second-order valence-electron chi connectivity index (χ2n) is 2.69. The molecule has 0 aromatic heterocycles. The predicted molar refractivity (Wildman–Crippen MR) is 41.3 cm³/mol. The SMILES string of the molecule is O=C(O)[C@H](O)[C@@H](O)[C@H](O)C[As](=O)(O)O. The van der Waals surface area contributed by atoms with E-state index in [0.29, 0.717) is 0 Å². The molecule has 0 saturated heterocycles. The van der Waals surface area contributed by atoms with E-state index in [2.05, 4.69) is 0 Å². The molecule has 0 aliphatic rings. The molecule has 3 atom stereocenters. The van der Waals surface area contributed by atoms with Gasteiger partial charge in [-0.25, -0.2) is 0 Å². The Morgan fingerprint density at radius 3 is 1.93 bits per heavy atom. The van der Waals surface area contributed by atoms with Gasteiger partial charge in [-0.1, -0.05) is 0 Å². The van der Waals surface area contributed by atoms with Crippen LogP contribution in [0.5, 0.6) is 0 Å². The van der Waals surface area contributed by atoms with Gasteiger partial charge in [-0.05, 0) is 0 Å². The summed E-state index contributed by atoms with van der Waals surface area (Å²) in [7, 11) is 0. The van der Waals surface area contributed by atoms with Crippen LogP contribution in [0.3, 0.4) is 0 Å². The van der Waals surface area contributed by atoms with Gasteiger partial charge >= 0.3 is 80.8 Å². The van der Waals surface area contributed by atoms with Crippen molar-refractivity contribution in [2.24, 2.45) is 0 Å². The predicted octanol–water partition coefficient (Wildman–Crippen LogP) is -3.49. The standard InChI is InChI=1S/C5H11AsO8/c7-2(1-6(12,13)14)3(8)4(9)5(10)11/h2-4,7-9H,1H2,(H,10,11)(H2,12,13,14)/t2-,3+,4-/m1/s1. The van der Waals surface area contributed by atoms with Crippen molar-refractivity contribution in [3.63, 3.8) is 0 Å². The van der Waals surface area contributed by atoms with Crippen molar-refractivity contribution in [1.82, 2.24) is 0 Å². The molecule has 0 aliphatic heterocycles. The van der Waals surface area contributed by atoms with Crippen molar-refractivity contribution < 1.29 is 37.2 Å². The number of hydrogen-bond donors (Lipinski definition) is 6. The maximum absolute atomic E-state index is 10.4. The normalized spacial score (nSPS) is 18.6. The van der Waals surface area contributed by atoms with Crippen molar-refractivity contribution in [2.75, 3.05) is 0 Å². The molecule has 0 saturated carbocycles. The third-order valence-electron chi connectivity index (χ3n) is 1.40. The second-order valence-corrected chi connectivity index (χ2v) is 6.24. The van der Waals surface area contributed by atoms with E-state index < -0.39 is 43.7 Å². The number of aliphatic hydroxyl groups is 3. The van der Waals surface area contributed by atoms with Crippen LogP contribution in [0.15, 0.2) is 0 Å². The van der Waals surface area contributed by atoms with Gasteiger partial charge in [0.1, 0.15) is 0 Å². The van der Waals surface area contributed by atoms with Crippen LogP contribution in [0.4, 0.5) is 0 Å². The first-order chi connectivity index (χ1) is 6.15. The minimum atomic E-state index is -5.15. The number of rotatable bonds is 5. The molecule has 0 radical (unpaired) electrons. The minimum absolute atomic E-state index is 1.05. The van der Waals surface area contributed by atoms with Crippen molar-refractivity contribution in [1.29, 1.82) is 0 Å². The Morgan fingerprint density at radius 2 is 1.64 bits per heavy atom. The van der Waals surface area contributed by atoms with Crippen LogP contribution >= 0.6 is 0 Å². The number of carbonyl (C=O) groups is 1. The van der Waals surface area contributed by atoms with Gasteiger partial charge in [0.2, 0.25) is 0 Å². The fourth-order valence-electron chi connectivity index (χ4n) is 0.708. The van der Waals surface area contributed by atoms with Gasteiger partial charge in [-0.2, -0.15) is 0 Å². The van der Waals surface area contributed by atoms with Crippen LogP contribution in [-0.4, -0.2) is 67.1 Å². The first kappa shape index (κ1) is 13.6. The molecule has 0 unspecified atom stereocenters. The van der Waals surface area contributed by atoms with E-state index in [4.69, 9.17) is 28.6 Å². The van der Waals surface area contributed by atoms with E-state index in [1.165, 1.54) is 0 Å². The maximum atomic E-state index is 10.4. The van der Waals surface area contributed by atoms with E-state index in [0.717, 1.165) is 0 Å². The molecule has 0 spiro atoms. The Labute approximate surface area is 81.4 Å². The summed E-state index contributed by atoms with van der Waals surface area (Å²) in [5.74, 6) is -1.78. The first-order valence-corrected chi connectivity index (χ1v) is 7.24. The van der Waals surface area contributed by atoms with Gasteiger partial charge < -0.3 is 0 Å². The van der Waals surface area contributed by atoms with E-state index in [1.54, 1.807) is 0 Å². The van der Waals surface area contributed by atoms with Gasteiger partial charge in [0.05, 0.1) is 0 Å². The molecule has 6 N–H and O–H groups in total. The van der Waals surface area contributed by atoms with Crippen molar-refractivity contribution in [3.8, 4) is 0 Å². The van der Waals surface area contributed by atoms with Crippen LogP contribution in [-0.2, 0) is 8.53 Å². The van der Waals surface area contributed by atoms with Crippen molar-refractivity contribution in [3.05, 3.63) is 0 Å². The van der Waals surface area contributed by atoms with E-state index in [-0.39, 0.29) is 0 Å². The summed E-state index contributed by atoms with van der Waals surface area (Å²) in [6.07, 6.45) is -6.37. The van der Waals surface area contributed by atoms with E-state index >= 15 is 0 Å². The summed E-state index contributed by atoms with van der Waals surface area (Å²) < 4.78 is 27.3. The van der Waals surface area contributed by atoms with Crippen LogP contribution < -0.4 is 0 Å². The van der Waals surface area contributed by atoms with Crippen LogP contribution in [0.1, 0.15) is 0 Å². The quantitative estimate of drug-likeness (QED) is 0.282. The number of carboxylic acids is 1. The number of aliphatic carboxylic acids is 1. The van der Waals surface area contributed by atoms with Gasteiger partial charge in [-0.3, -0.25) is 0 Å². The molecule has 0 aromatic carbocycles. The summed E-state index contributed by atoms with van der Waals surface area (Å²) in [5.41, 5.74) is 0. The Balaban J connectivity index is 4.32. The fraction of sp³-hybridized carbons (Fsp3) is 0.800. The number of hydrogen-bond acceptors (Lipinski definition) is 5. The third kappa shape index (κ3) is 4.75. The Morgan fingerprint density at radius 1 is 1.21 bits per heavy atom. The molecule has 0 heterocycles. The van der Waals surface area contributed by atoms with E-state index in [9.17, 15) is 8.53 Å². The molecule has 0 bridgehead atoms. The molecule has 8 nitrogen and oxygen atoms in total. The average molecular weight is 274 g/mol. The van der Waals surface area contributed by atoms with Crippen LogP contribution in [0.25, 0.3) is 0 Å². The van der Waals surface area contributed by atoms with Gasteiger partial charge in [0.25, 0.3) is 0 Å². The van der Waals surface area contributed by atoms with Crippen molar-refractivity contribution in [2.45, 2.75) is 23.5 Å². The average Bonchev–Trinajstić information content (AvgIpc) is 1.98. The summed E-state index contributed by atoms with van der Waals surface area (Å²) in [5, 5.41) is 33.7. The molecule has 84 valence electrons. The van der Waals surface area contributed by atoms with Crippen LogP contribution in [0.2, 0.25) is 5.21 Å². The zero-order valence-electron chi connectivity index (χ0n) is 6.89. The summed E-state index contributed by atoms with van der Waals surface area (Å²) >= 11 is -5.15. The van der Waals surface area contributed by atoms with E-state index in [1.807, 2.05) is 0 Å². The first-order valence-electron chi connectivity index (χ1n) is 3.46. The summed E-state index contributed by atoms with van der Waals surface area (Å²) in [4.78, 5) is 10.1. The van der Waals surface area contributed by atoms with Crippen molar-refractivity contribution >= 4 is 20.1 Å². The Hall–Kier alpha value is -0.372. The number of aliphatic hydroxyl groups excluding tert-OH is 3. The van der Waals surface area contributed by atoms with Gasteiger partial charge in [-0.15, -0.1) is 0 Å². The zero-order valence-corrected chi connectivity index (χ0v) is 8.76. The topological polar surface area (TPSA) is 156 Å². The van der Waals surface area contributed by atoms with Gasteiger partial charge in [0.15, 0.2) is 0 Å². The molecule has 0 aromatic rings. The summed E-state index contributed by atoms with van der Waals surface area (Å²) in [6.45, 7) is 0. The Kier molecular flexibility index (Phi) is 4.79. The molecule has 0 amide bonds. The molecule has 0 rings (SSSR count). The monoisotopic (exact) mass is 274 g/mol. The molecule has 9 heteroatoms. The number of carboxylic acid groups (broad SMARTS) is 1. The second kappa shape index (κ2) is 4.92. The molecule has 0 fully saturated rings. The molecular formula is C5H11AsO8. The zero-order chi connectivity index (χ0) is 11.5. The van der Waals surface area contributed by atoms with Crippen LogP contribution in [0, 0.1) is 0 Å². The third-order valence-corrected chi connectivity index (χ3v) is 3.18. The van der Waals surface area contributed by atoms with Gasteiger partial charge in [0, 0.05) is 0 Å². The Bertz CT molecular complexity index is 246. The molecule has 14 heavy (non-hydrogen) atoms.